The molecule has 0 amide bonds. The zero-order valence-electron chi connectivity index (χ0n) is 16.2. The summed E-state index contributed by atoms with van der Waals surface area (Å²) in [7, 11) is 0. The van der Waals surface area contributed by atoms with Crippen LogP contribution in [-0.4, -0.2) is 0 Å². The minimum atomic E-state index is 0.226. The Morgan fingerprint density at radius 1 is 0.500 bits per heavy atom. The van der Waals surface area contributed by atoms with Crippen molar-refractivity contribution in [1.82, 2.24) is 0 Å². The molecule has 0 heterocycles. The van der Waals surface area contributed by atoms with Crippen LogP contribution < -0.4 is 0 Å². The summed E-state index contributed by atoms with van der Waals surface area (Å²) < 4.78 is 0.226. The van der Waals surface area contributed by atoms with E-state index in [1.54, 1.807) is 0 Å². The predicted octanol–water partition coefficient (Wildman–Crippen LogP) is 9.23. The van der Waals surface area contributed by atoms with E-state index in [2.05, 4.69) is 97.1 Å². The normalized spacial score (nSPS) is 11.4. The summed E-state index contributed by atoms with van der Waals surface area (Å²) in [6, 6.07) is 38.7. The Morgan fingerprint density at radius 3 is 1.47 bits per heavy atom. The van der Waals surface area contributed by atoms with Crippen LogP contribution in [0.4, 0.5) is 0 Å². The quantitative estimate of drug-likeness (QED) is 0.196. The van der Waals surface area contributed by atoms with Crippen LogP contribution in [0.2, 0.25) is 5.02 Å². The lowest BCUT2D eigenvalue weighted by Crippen LogP contribution is -1.90. The van der Waals surface area contributed by atoms with Crippen LogP contribution in [-0.2, 0) is 0 Å². The molecule has 5 aromatic rings. The zero-order valence-corrected chi connectivity index (χ0v) is 18.6. The molecule has 0 aliphatic heterocycles. The number of hydrogen-bond donors (Lipinski definition) is 0. The molecule has 0 aliphatic rings. The first-order valence-electron chi connectivity index (χ1n) is 9.81. The molecule has 0 bridgehead atoms. The Bertz CT molecular complexity index is 1230. The Balaban J connectivity index is 1.49. The van der Waals surface area contributed by atoms with Gasteiger partial charge < -0.3 is 0 Å². The molecule has 0 atom stereocenters. The summed E-state index contributed by atoms with van der Waals surface area (Å²) in [6.45, 7) is 0. The van der Waals surface area contributed by atoms with E-state index in [9.17, 15) is 0 Å². The average molecular weight is 443 g/mol. The maximum absolute atomic E-state index is 6.15. The van der Waals surface area contributed by atoms with Gasteiger partial charge in [0.25, 0.3) is 0 Å². The van der Waals surface area contributed by atoms with Gasteiger partial charge in [-0.2, -0.15) is 0 Å². The monoisotopic (exact) mass is 442 g/mol. The molecule has 0 fully saturated rings. The van der Waals surface area contributed by atoms with E-state index in [0.29, 0.717) is 0 Å². The van der Waals surface area contributed by atoms with Gasteiger partial charge in [0.2, 0.25) is 0 Å². The Labute approximate surface area is 190 Å². The van der Waals surface area contributed by atoms with E-state index in [-0.39, 0.29) is 4.58 Å². The van der Waals surface area contributed by atoms with E-state index in [0.717, 1.165) is 5.02 Å². The highest BCUT2D eigenvalue weighted by molar-refractivity contribution is 8.16. The van der Waals surface area contributed by atoms with Crippen molar-refractivity contribution in [1.29, 1.82) is 0 Å². The number of fused-ring (bicyclic) bond motifs is 2. The van der Waals surface area contributed by atoms with E-state index in [1.165, 1.54) is 36.9 Å². The van der Waals surface area contributed by atoms with Gasteiger partial charge in [-0.05, 0) is 63.5 Å². The second-order valence-electron chi connectivity index (χ2n) is 7.14. The molecular formula is C27H19ClS2. The highest BCUT2D eigenvalue weighted by Gasteiger charge is 2.16. The lowest BCUT2D eigenvalue weighted by molar-refractivity contribution is 1.34. The summed E-state index contributed by atoms with van der Waals surface area (Å²) in [5.41, 5.74) is 1.26. The summed E-state index contributed by atoms with van der Waals surface area (Å²) >= 11 is 9.92. The second kappa shape index (κ2) is 8.77. The van der Waals surface area contributed by atoms with E-state index in [1.807, 2.05) is 35.7 Å². The Morgan fingerprint density at radius 2 is 0.967 bits per heavy atom. The fourth-order valence-electron chi connectivity index (χ4n) is 3.51. The molecule has 0 nitrogen and oxygen atoms in total. The fourth-order valence-corrected chi connectivity index (χ4v) is 6.26. The highest BCUT2D eigenvalue weighted by Crippen LogP contribution is 2.48. The lowest BCUT2D eigenvalue weighted by Gasteiger charge is -2.18. The predicted molar refractivity (Wildman–Crippen MR) is 134 cm³/mol. The minimum Gasteiger partial charge on any atom is -0.106 e. The Kier molecular flexibility index (Phi) is 5.72. The fraction of sp³-hybridized carbons (Fsp3) is 0.0370. The van der Waals surface area contributed by atoms with Crippen LogP contribution in [0.5, 0.6) is 0 Å². The number of halogens is 1. The molecule has 5 rings (SSSR count). The first-order chi connectivity index (χ1) is 14.7. The van der Waals surface area contributed by atoms with Gasteiger partial charge in [-0.3, -0.25) is 0 Å². The van der Waals surface area contributed by atoms with E-state index >= 15 is 0 Å². The molecule has 0 radical (unpaired) electrons. The summed E-state index contributed by atoms with van der Waals surface area (Å²) in [5, 5.41) is 5.85. The minimum absolute atomic E-state index is 0.226. The van der Waals surface area contributed by atoms with Crippen LogP contribution >= 0.6 is 35.1 Å². The molecule has 0 saturated heterocycles. The third kappa shape index (κ3) is 4.37. The van der Waals surface area contributed by atoms with Gasteiger partial charge in [0, 0.05) is 14.8 Å². The molecule has 0 saturated carbocycles. The van der Waals surface area contributed by atoms with Crippen LogP contribution in [0, 0.1) is 0 Å². The molecule has 0 unspecified atom stereocenters. The first-order valence-corrected chi connectivity index (χ1v) is 11.9. The third-order valence-electron chi connectivity index (χ3n) is 5.07. The standard InChI is InChI=1S/C27H19ClS2/c28-24-13-9-21(10-14-24)27(29-25-15-11-19-5-1-3-7-22(19)17-25)30-26-16-12-20-6-2-4-8-23(20)18-26/h1-18,27H. The number of hydrogen-bond acceptors (Lipinski definition) is 2. The van der Waals surface area contributed by atoms with Crippen LogP contribution in [0.15, 0.2) is 119 Å². The van der Waals surface area contributed by atoms with Gasteiger partial charge in [0.1, 0.15) is 0 Å². The lowest BCUT2D eigenvalue weighted by atomic mass is 10.1. The molecular weight excluding hydrogens is 424 g/mol. The highest BCUT2D eigenvalue weighted by atomic mass is 35.5. The molecule has 5 aromatic carbocycles. The van der Waals surface area contributed by atoms with Crippen molar-refractivity contribution >= 4 is 56.7 Å². The summed E-state index contributed by atoms with van der Waals surface area (Å²) in [6.07, 6.45) is 0. The van der Waals surface area contributed by atoms with Crippen molar-refractivity contribution in [3.8, 4) is 0 Å². The van der Waals surface area contributed by atoms with Crippen molar-refractivity contribution in [2.45, 2.75) is 14.4 Å². The van der Waals surface area contributed by atoms with Crippen LogP contribution in [0.3, 0.4) is 0 Å². The van der Waals surface area contributed by atoms with Crippen molar-refractivity contribution < 1.29 is 0 Å². The third-order valence-corrected chi connectivity index (χ3v) is 7.92. The SMILES string of the molecule is Clc1ccc(C(Sc2ccc3ccccc3c2)Sc2ccc3ccccc3c2)cc1. The number of rotatable bonds is 5. The molecule has 0 spiro atoms. The summed E-state index contributed by atoms with van der Waals surface area (Å²) in [4.78, 5) is 2.53. The maximum Gasteiger partial charge on any atom is 0.0845 e. The van der Waals surface area contributed by atoms with Crippen molar-refractivity contribution in [2.75, 3.05) is 0 Å². The Hall–Kier alpha value is -2.39. The van der Waals surface area contributed by atoms with Gasteiger partial charge in [-0.15, -0.1) is 23.5 Å². The maximum atomic E-state index is 6.15. The van der Waals surface area contributed by atoms with Crippen LogP contribution in [0.1, 0.15) is 10.1 Å². The van der Waals surface area contributed by atoms with Gasteiger partial charge in [0.05, 0.1) is 4.58 Å². The largest absolute Gasteiger partial charge is 0.106 e. The molecule has 0 aliphatic carbocycles. The topological polar surface area (TPSA) is 0 Å². The van der Waals surface area contributed by atoms with Gasteiger partial charge in [-0.25, -0.2) is 0 Å². The molecule has 30 heavy (non-hydrogen) atoms. The van der Waals surface area contributed by atoms with Crippen LogP contribution in [0.25, 0.3) is 21.5 Å². The van der Waals surface area contributed by atoms with E-state index in [4.69, 9.17) is 11.6 Å². The molecule has 0 aromatic heterocycles. The smallest absolute Gasteiger partial charge is 0.0845 e. The van der Waals surface area contributed by atoms with Gasteiger partial charge >= 0.3 is 0 Å². The van der Waals surface area contributed by atoms with Crippen molar-refractivity contribution in [3.63, 3.8) is 0 Å². The number of benzene rings is 5. The van der Waals surface area contributed by atoms with E-state index < -0.39 is 0 Å². The van der Waals surface area contributed by atoms with Gasteiger partial charge in [-0.1, -0.05) is 84.4 Å². The number of thioether (sulfide) groups is 2. The summed E-state index contributed by atoms with van der Waals surface area (Å²) in [5.74, 6) is 0. The second-order valence-corrected chi connectivity index (χ2v) is 10.2. The molecule has 3 heteroatoms. The van der Waals surface area contributed by atoms with Gasteiger partial charge in [0.15, 0.2) is 0 Å². The molecule has 0 N–H and O–H groups in total. The van der Waals surface area contributed by atoms with Crippen molar-refractivity contribution in [2.24, 2.45) is 0 Å². The first kappa shape index (κ1) is 19.6. The molecule has 146 valence electrons. The van der Waals surface area contributed by atoms with Crippen molar-refractivity contribution in [3.05, 3.63) is 120 Å². The average Bonchev–Trinajstić information content (AvgIpc) is 2.79. The zero-order chi connectivity index (χ0) is 20.3.